The van der Waals surface area contributed by atoms with E-state index in [-0.39, 0.29) is 8.18 Å². The normalized spacial score (nSPS) is 30.0. The van der Waals surface area contributed by atoms with Gasteiger partial charge in [-0.15, -0.1) is 0 Å². The third kappa shape index (κ3) is 2.12. The third-order valence-corrected chi connectivity index (χ3v) is 4.72. The van der Waals surface area contributed by atoms with Crippen molar-refractivity contribution in [2.75, 3.05) is 0 Å². The molecule has 0 amide bonds. The smallest absolute Gasteiger partial charge is 0.192 e. The van der Waals surface area contributed by atoms with E-state index in [2.05, 4.69) is 73.7 Å². The zero-order valence-electron chi connectivity index (χ0n) is 4.56. The Balaban J connectivity index is 2.84. The average Bonchev–Trinajstić information content (AvgIpc) is 1.81. The van der Waals surface area contributed by atoms with Crippen LogP contribution in [0.25, 0.3) is 0 Å². The molecule has 0 bridgehead atoms. The van der Waals surface area contributed by atoms with Crippen LogP contribution in [0.1, 0.15) is 0 Å². The van der Waals surface area contributed by atoms with E-state index in [9.17, 15) is 0 Å². The molecule has 6 heteroatoms. The van der Waals surface area contributed by atoms with Gasteiger partial charge in [0.1, 0.15) is 8.18 Å². The molecule has 56 valence electrons. The fourth-order valence-corrected chi connectivity index (χ4v) is 1.72. The summed E-state index contributed by atoms with van der Waals surface area (Å²) in [5.74, 6) is 0. The van der Waals surface area contributed by atoms with Crippen LogP contribution in [0.15, 0.2) is 9.98 Å². The van der Waals surface area contributed by atoms with Gasteiger partial charge in [-0.3, -0.25) is 0 Å². The maximum absolute atomic E-state index is 4.09. The van der Waals surface area contributed by atoms with Gasteiger partial charge in [-0.1, -0.05) is 47.8 Å². The summed E-state index contributed by atoms with van der Waals surface area (Å²) in [5.41, 5.74) is 0. The maximum atomic E-state index is 4.09. The Labute approximate surface area is 92.1 Å². The summed E-state index contributed by atoms with van der Waals surface area (Å²) < 4.78 is 0.251. The lowest BCUT2D eigenvalue weighted by Gasteiger charge is -2.21. The van der Waals surface area contributed by atoms with Crippen LogP contribution in [0.5, 0.6) is 0 Å². The SMILES string of the molecule is BrC1=NC(Br)C(Br)(Br)C=N1. The van der Waals surface area contributed by atoms with E-state index in [0.717, 1.165) is 0 Å². The molecule has 1 heterocycles. The second-order valence-electron chi connectivity index (χ2n) is 1.67. The van der Waals surface area contributed by atoms with E-state index in [1.165, 1.54) is 0 Å². The standard InChI is InChI=1S/C4H2Br4N2/c5-2-4(7,8)1-9-3(6)10-2/h1-2H. The van der Waals surface area contributed by atoms with Crippen LogP contribution in [0.2, 0.25) is 0 Å². The summed E-state index contributed by atoms with van der Waals surface area (Å²) in [6, 6.07) is 0. The summed E-state index contributed by atoms with van der Waals surface area (Å²) in [5, 5.41) is 0. The highest BCUT2D eigenvalue weighted by Gasteiger charge is 2.32. The van der Waals surface area contributed by atoms with Crippen molar-refractivity contribution in [2.24, 2.45) is 9.98 Å². The second-order valence-corrected chi connectivity index (χ2v) is 6.93. The topological polar surface area (TPSA) is 24.7 Å². The fraction of sp³-hybridized carbons (Fsp3) is 0.500. The van der Waals surface area contributed by atoms with Gasteiger partial charge in [-0.25, -0.2) is 9.98 Å². The molecule has 0 fully saturated rings. The Bertz CT molecular complexity index is 197. The second kappa shape index (κ2) is 3.33. The van der Waals surface area contributed by atoms with E-state index < -0.39 is 0 Å². The number of rotatable bonds is 0. The Morgan fingerprint density at radius 2 is 2.10 bits per heavy atom. The Kier molecular flexibility index (Phi) is 3.11. The number of halogens is 4. The molecule has 2 nitrogen and oxygen atoms in total. The van der Waals surface area contributed by atoms with Gasteiger partial charge in [-0.2, -0.15) is 0 Å². The molecule has 1 atom stereocenters. The first-order valence-electron chi connectivity index (χ1n) is 2.33. The first kappa shape index (κ1) is 9.35. The van der Waals surface area contributed by atoms with Crippen LogP contribution in [-0.2, 0) is 0 Å². The molecular weight excluding hydrogens is 396 g/mol. The number of aliphatic imine (C=N–C) groups is 2. The fourth-order valence-electron chi connectivity index (χ4n) is 0.414. The molecule has 0 spiro atoms. The molecule has 0 aromatic heterocycles. The molecule has 0 aliphatic carbocycles. The quantitative estimate of drug-likeness (QED) is 0.443. The molecule has 1 unspecified atom stereocenters. The van der Waals surface area contributed by atoms with Gasteiger partial charge < -0.3 is 0 Å². The first-order chi connectivity index (χ1) is 4.52. The van der Waals surface area contributed by atoms with Crippen LogP contribution in [0, 0.1) is 0 Å². The van der Waals surface area contributed by atoms with Crippen molar-refractivity contribution in [1.29, 1.82) is 0 Å². The highest BCUT2D eigenvalue weighted by atomic mass is 79.9. The zero-order valence-corrected chi connectivity index (χ0v) is 10.9. The summed E-state index contributed by atoms with van der Waals surface area (Å²) in [7, 11) is 0. The van der Waals surface area contributed by atoms with Crippen molar-refractivity contribution in [3.05, 3.63) is 0 Å². The van der Waals surface area contributed by atoms with Crippen LogP contribution in [0.3, 0.4) is 0 Å². The van der Waals surface area contributed by atoms with Gasteiger partial charge in [0.05, 0.1) is 0 Å². The molecule has 0 N–H and O–H groups in total. The minimum absolute atomic E-state index is 0.0353. The summed E-state index contributed by atoms with van der Waals surface area (Å²) in [6.07, 6.45) is 1.73. The Morgan fingerprint density at radius 3 is 2.50 bits per heavy atom. The van der Waals surface area contributed by atoms with E-state index in [0.29, 0.717) is 4.74 Å². The number of amidine groups is 1. The molecular formula is C4H2Br4N2. The van der Waals surface area contributed by atoms with Gasteiger partial charge in [0.2, 0.25) is 0 Å². The third-order valence-electron chi connectivity index (χ3n) is 0.881. The molecule has 0 saturated carbocycles. The highest BCUT2D eigenvalue weighted by molar-refractivity contribution is 9.26. The first-order valence-corrected chi connectivity index (χ1v) is 5.62. The molecule has 1 aliphatic heterocycles. The van der Waals surface area contributed by atoms with Gasteiger partial charge in [0, 0.05) is 6.21 Å². The minimum Gasteiger partial charge on any atom is -0.243 e. The molecule has 1 aliphatic rings. The van der Waals surface area contributed by atoms with Gasteiger partial charge in [0.25, 0.3) is 0 Å². The molecule has 10 heavy (non-hydrogen) atoms. The van der Waals surface area contributed by atoms with Crippen molar-refractivity contribution in [3.8, 4) is 0 Å². The lowest BCUT2D eigenvalue weighted by Crippen LogP contribution is -2.28. The largest absolute Gasteiger partial charge is 0.243 e. The van der Waals surface area contributed by atoms with Crippen LogP contribution >= 0.6 is 63.7 Å². The average molecular weight is 398 g/mol. The van der Waals surface area contributed by atoms with E-state index in [4.69, 9.17) is 0 Å². The van der Waals surface area contributed by atoms with Crippen molar-refractivity contribution in [3.63, 3.8) is 0 Å². The Hall–Kier alpha value is 1.26. The van der Waals surface area contributed by atoms with Crippen molar-refractivity contribution in [2.45, 2.75) is 8.18 Å². The number of hydrogen-bond donors (Lipinski definition) is 0. The lowest BCUT2D eigenvalue weighted by molar-refractivity contribution is 0.978. The number of alkyl halides is 3. The van der Waals surface area contributed by atoms with Crippen molar-refractivity contribution >= 4 is 74.7 Å². The van der Waals surface area contributed by atoms with E-state index >= 15 is 0 Å². The minimum atomic E-state index is -0.350. The molecule has 1 rings (SSSR count). The van der Waals surface area contributed by atoms with Crippen molar-refractivity contribution < 1.29 is 0 Å². The van der Waals surface area contributed by atoms with Gasteiger partial charge >= 0.3 is 0 Å². The predicted octanol–water partition coefficient (Wildman–Crippen LogP) is 3.03. The van der Waals surface area contributed by atoms with Crippen LogP contribution in [-0.4, -0.2) is 19.1 Å². The van der Waals surface area contributed by atoms with E-state index in [1.54, 1.807) is 6.21 Å². The molecule has 0 aromatic carbocycles. The maximum Gasteiger partial charge on any atom is 0.192 e. The van der Waals surface area contributed by atoms with Crippen molar-refractivity contribution in [1.82, 2.24) is 0 Å². The van der Waals surface area contributed by atoms with E-state index in [1.807, 2.05) is 0 Å². The monoisotopic (exact) mass is 394 g/mol. The number of hydrogen-bond acceptors (Lipinski definition) is 2. The lowest BCUT2D eigenvalue weighted by atomic mass is 10.4. The summed E-state index contributed by atoms with van der Waals surface area (Å²) >= 11 is 13.3. The highest BCUT2D eigenvalue weighted by Crippen LogP contribution is 2.36. The summed E-state index contributed by atoms with van der Waals surface area (Å²) in [4.78, 5) is 8.01. The molecule has 0 saturated heterocycles. The predicted molar refractivity (Wildman–Crippen MR) is 58.2 cm³/mol. The summed E-state index contributed by atoms with van der Waals surface area (Å²) in [6.45, 7) is 0. The van der Waals surface area contributed by atoms with Crippen LogP contribution in [0.4, 0.5) is 0 Å². The van der Waals surface area contributed by atoms with Crippen LogP contribution < -0.4 is 0 Å². The Morgan fingerprint density at radius 1 is 1.50 bits per heavy atom. The van der Waals surface area contributed by atoms with Gasteiger partial charge in [0.15, 0.2) is 4.74 Å². The molecule has 0 aromatic rings. The zero-order chi connectivity index (χ0) is 7.78. The number of nitrogens with zero attached hydrogens (tertiary/aromatic N) is 2. The van der Waals surface area contributed by atoms with Gasteiger partial charge in [-0.05, 0) is 15.9 Å². The molecule has 0 radical (unpaired) electrons.